The van der Waals surface area contributed by atoms with Crippen molar-refractivity contribution in [3.8, 4) is 0 Å². The number of hydrogen-bond acceptors (Lipinski definition) is 5. The van der Waals surface area contributed by atoms with E-state index >= 15 is 0 Å². The summed E-state index contributed by atoms with van der Waals surface area (Å²) in [5.74, 6) is -1.07. The molecule has 0 saturated heterocycles. The Hall–Kier alpha value is -2.79. The van der Waals surface area contributed by atoms with Crippen molar-refractivity contribution in [1.82, 2.24) is 0 Å². The molecule has 0 aliphatic carbocycles. The van der Waals surface area contributed by atoms with Gasteiger partial charge in [-0.05, 0) is 72.8 Å². The highest BCUT2D eigenvalue weighted by molar-refractivity contribution is 7.93. The van der Waals surface area contributed by atoms with Crippen LogP contribution in [0.5, 0.6) is 0 Å². The van der Waals surface area contributed by atoms with E-state index in [-0.39, 0.29) is 36.9 Å². The molecule has 0 spiro atoms. The van der Waals surface area contributed by atoms with Gasteiger partial charge in [-0.25, -0.2) is 16.8 Å². The van der Waals surface area contributed by atoms with Crippen molar-refractivity contribution in [2.24, 2.45) is 0 Å². The highest BCUT2D eigenvalue weighted by atomic mass is 35.5. The molecule has 196 valence electrons. The largest absolute Gasteiger partial charge is 0.280 e. The lowest BCUT2D eigenvalue weighted by Crippen LogP contribution is -2.37. The van der Waals surface area contributed by atoms with Crippen LogP contribution < -0.4 is 9.03 Å². The average molecular weight is 630 g/mol. The first kappa shape index (κ1) is 28.2. The second kappa shape index (κ2) is 11.1. The Morgan fingerprint density at radius 3 is 2.03 bits per heavy atom. The van der Waals surface area contributed by atoms with E-state index in [1.807, 2.05) is 0 Å². The maximum atomic E-state index is 13.8. The van der Waals surface area contributed by atoms with Gasteiger partial charge in [-0.2, -0.15) is 4.31 Å². The lowest BCUT2D eigenvalue weighted by molar-refractivity contribution is 0.100. The number of rotatable bonds is 7. The number of carbonyl (C=O) groups is 1. The van der Waals surface area contributed by atoms with Gasteiger partial charge in [0, 0.05) is 21.3 Å². The molecule has 1 N–H and O–H groups in total. The molecular formula is C25H16Cl4N2O5S2. The van der Waals surface area contributed by atoms with Gasteiger partial charge in [0.05, 0.1) is 20.6 Å². The first-order valence-corrected chi connectivity index (χ1v) is 15.0. The van der Waals surface area contributed by atoms with Crippen molar-refractivity contribution in [3.63, 3.8) is 0 Å². The molecule has 38 heavy (non-hydrogen) atoms. The maximum Gasteiger partial charge on any atom is 0.272 e. The summed E-state index contributed by atoms with van der Waals surface area (Å²) in [4.78, 5) is 13.1. The van der Waals surface area contributed by atoms with Crippen LogP contribution in [-0.2, 0) is 20.0 Å². The highest BCUT2D eigenvalue weighted by Crippen LogP contribution is 2.34. The van der Waals surface area contributed by atoms with E-state index < -0.39 is 30.8 Å². The number of para-hydroxylation sites is 1. The summed E-state index contributed by atoms with van der Waals surface area (Å²) in [7, 11) is -8.85. The summed E-state index contributed by atoms with van der Waals surface area (Å²) >= 11 is 24.3. The van der Waals surface area contributed by atoms with Crippen LogP contribution in [0.4, 0.5) is 11.4 Å². The fourth-order valence-electron chi connectivity index (χ4n) is 3.38. The van der Waals surface area contributed by atoms with Crippen LogP contribution in [0.3, 0.4) is 0 Å². The van der Waals surface area contributed by atoms with Crippen LogP contribution in [0.15, 0.2) is 101 Å². The Bertz CT molecular complexity index is 1750. The summed E-state index contributed by atoms with van der Waals surface area (Å²) in [5, 5.41) is 0.313. The predicted octanol–water partition coefficient (Wildman–Crippen LogP) is 7.14. The molecule has 0 aliphatic rings. The van der Waals surface area contributed by atoms with E-state index in [1.54, 1.807) is 6.07 Å². The zero-order valence-corrected chi connectivity index (χ0v) is 23.6. The number of benzene rings is 4. The number of carbonyl (C=O) groups excluding carboxylic acids is 1. The van der Waals surface area contributed by atoms with Crippen LogP contribution in [-0.4, -0.2) is 22.7 Å². The molecule has 4 rings (SSSR count). The second-order valence-electron chi connectivity index (χ2n) is 7.74. The van der Waals surface area contributed by atoms with Gasteiger partial charge in [0.15, 0.2) is 0 Å². The van der Waals surface area contributed by atoms with Crippen molar-refractivity contribution in [3.05, 3.63) is 117 Å². The number of nitrogens with one attached hydrogen (secondary N) is 1. The van der Waals surface area contributed by atoms with Gasteiger partial charge in [-0.15, -0.1) is 0 Å². The number of amides is 1. The molecule has 4 aromatic rings. The van der Waals surface area contributed by atoms with Gasteiger partial charge in [-0.1, -0.05) is 64.6 Å². The lowest BCUT2D eigenvalue weighted by Gasteiger charge is -2.24. The average Bonchev–Trinajstić information content (AvgIpc) is 2.86. The van der Waals surface area contributed by atoms with Gasteiger partial charge < -0.3 is 0 Å². The Morgan fingerprint density at radius 2 is 1.37 bits per heavy atom. The minimum absolute atomic E-state index is 0.0299. The molecular weight excluding hydrogens is 614 g/mol. The van der Waals surface area contributed by atoms with Gasteiger partial charge in [-0.3, -0.25) is 9.52 Å². The fourth-order valence-corrected chi connectivity index (χ4v) is 7.10. The summed E-state index contributed by atoms with van der Waals surface area (Å²) in [6.45, 7) is 0. The van der Waals surface area contributed by atoms with Crippen LogP contribution in [0.2, 0.25) is 20.1 Å². The number of nitrogens with zero attached hydrogens (tertiary/aromatic N) is 1. The number of sulfonamides is 2. The van der Waals surface area contributed by atoms with Gasteiger partial charge in [0.25, 0.3) is 26.0 Å². The molecule has 7 nitrogen and oxygen atoms in total. The van der Waals surface area contributed by atoms with Crippen LogP contribution in [0, 0.1) is 0 Å². The zero-order valence-electron chi connectivity index (χ0n) is 19.0. The third-order valence-corrected chi connectivity index (χ3v) is 9.52. The van der Waals surface area contributed by atoms with Crippen LogP contribution in [0.25, 0.3) is 0 Å². The van der Waals surface area contributed by atoms with Crippen molar-refractivity contribution in [2.75, 3.05) is 9.03 Å². The summed E-state index contributed by atoms with van der Waals surface area (Å²) in [6.07, 6.45) is 0. The monoisotopic (exact) mass is 628 g/mol. The zero-order chi connectivity index (χ0) is 27.7. The second-order valence-corrected chi connectivity index (χ2v) is 12.9. The van der Waals surface area contributed by atoms with Crippen LogP contribution >= 0.6 is 46.4 Å². The first-order valence-electron chi connectivity index (χ1n) is 10.6. The number of hydrogen-bond donors (Lipinski definition) is 1. The minimum Gasteiger partial charge on any atom is -0.280 e. The molecule has 1 amide bonds. The molecule has 4 aromatic carbocycles. The molecule has 0 aromatic heterocycles. The van der Waals surface area contributed by atoms with E-state index in [0.29, 0.717) is 9.33 Å². The molecule has 0 aliphatic heterocycles. The lowest BCUT2D eigenvalue weighted by atomic mass is 10.2. The maximum absolute atomic E-state index is 13.8. The van der Waals surface area contributed by atoms with Crippen molar-refractivity contribution in [2.45, 2.75) is 9.79 Å². The topological polar surface area (TPSA) is 101 Å². The summed E-state index contributed by atoms with van der Waals surface area (Å²) in [6, 6.07) is 20.4. The normalized spacial score (nSPS) is 11.7. The molecule has 0 radical (unpaired) electrons. The van der Waals surface area contributed by atoms with Gasteiger partial charge in [0.2, 0.25) is 0 Å². The van der Waals surface area contributed by atoms with Gasteiger partial charge >= 0.3 is 0 Å². The molecule has 0 bridgehead atoms. The molecule has 0 saturated carbocycles. The predicted molar refractivity (Wildman–Crippen MR) is 151 cm³/mol. The van der Waals surface area contributed by atoms with E-state index in [2.05, 4.69) is 4.72 Å². The fraction of sp³-hybridized carbons (Fsp3) is 0. The Balaban J connectivity index is 1.83. The summed E-state index contributed by atoms with van der Waals surface area (Å²) < 4.78 is 56.5. The summed E-state index contributed by atoms with van der Waals surface area (Å²) in [5.41, 5.74) is -0.224. The first-order chi connectivity index (χ1) is 17.9. The van der Waals surface area contributed by atoms with E-state index in [9.17, 15) is 21.6 Å². The molecule has 0 fully saturated rings. The van der Waals surface area contributed by atoms with Crippen LogP contribution in [0.1, 0.15) is 10.4 Å². The van der Waals surface area contributed by atoms with Crippen molar-refractivity contribution in [1.29, 1.82) is 0 Å². The van der Waals surface area contributed by atoms with Crippen molar-refractivity contribution < 1.29 is 21.6 Å². The molecule has 13 heteroatoms. The number of halogens is 4. The Labute approximate surface area is 239 Å². The smallest absolute Gasteiger partial charge is 0.272 e. The third kappa shape index (κ3) is 5.93. The third-order valence-electron chi connectivity index (χ3n) is 5.15. The minimum atomic E-state index is -4.55. The highest BCUT2D eigenvalue weighted by Gasteiger charge is 2.34. The molecule has 0 unspecified atom stereocenters. The Kier molecular flexibility index (Phi) is 8.27. The SMILES string of the molecule is O=C(c1ccc(Cl)c(S(=O)(=O)Nc2ccc(Cl)cc2)c1)N(c1ccccc1Cl)S(=O)(=O)c1cccc(Cl)c1. The Morgan fingerprint density at radius 1 is 0.684 bits per heavy atom. The van der Waals surface area contributed by atoms with E-state index in [4.69, 9.17) is 46.4 Å². The van der Waals surface area contributed by atoms with Crippen molar-refractivity contribution >= 4 is 83.7 Å². The van der Waals surface area contributed by atoms with E-state index in [1.165, 1.54) is 78.9 Å². The quantitative estimate of drug-likeness (QED) is 0.234. The molecule has 0 atom stereocenters. The molecule has 0 heterocycles. The standard InChI is InChI=1S/C25H16Cl4N2O5S2/c26-17-9-11-19(12-10-17)30-37(33,34)24-14-16(8-13-22(24)29)25(32)31(23-7-2-1-6-21(23)28)38(35,36)20-5-3-4-18(27)15-20/h1-15,30H. The van der Waals surface area contributed by atoms with E-state index in [0.717, 1.165) is 6.07 Å². The van der Waals surface area contributed by atoms with Gasteiger partial charge in [0.1, 0.15) is 4.90 Å². The number of anilines is 2.